The van der Waals surface area contributed by atoms with Crippen LogP contribution >= 0.6 is 0 Å². The predicted octanol–water partition coefficient (Wildman–Crippen LogP) is 3.88. The van der Waals surface area contributed by atoms with Gasteiger partial charge in [-0.05, 0) is 51.2 Å². The molecular formula is C19H20F3NO2S. The molecule has 4 rings (SSSR count). The van der Waals surface area contributed by atoms with Crippen LogP contribution in [0, 0.1) is 5.92 Å². The summed E-state index contributed by atoms with van der Waals surface area (Å²) in [7, 11) is 0.676. The molecule has 0 saturated carbocycles. The summed E-state index contributed by atoms with van der Waals surface area (Å²) in [4.78, 5) is 2.80. The Bertz CT molecular complexity index is 807. The van der Waals surface area contributed by atoms with Crippen molar-refractivity contribution in [3.8, 4) is 5.75 Å². The van der Waals surface area contributed by atoms with Gasteiger partial charge in [0.25, 0.3) is 0 Å². The van der Waals surface area contributed by atoms with Crippen molar-refractivity contribution in [1.82, 2.24) is 4.90 Å². The summed E-state index contributed by atoms with van der Waals surface area (Å²) in [5.41, 5.74) is 0.206. The molecule has 1 aromatic rings. The number of ether oxygens (including phenoxy) is 1. The molecule has 0 spiro atoms. The van der Waals surface area contributed by atoms with Crippen molar-refractivity contribution in [1.29, 1.82) is 0 Å². The third-order valence-electron chi connectivity index (χ3n) is 5.46. The first-order valence-electron chi connectivity index (χ1n) is 8.70. The van der Waals surface area contributed by atoms with E-state index < -0.39 is 22.5 Å². The highest BCUT2D eigenvalue weighted by molar-refractivity contribution is 7.92. The molecule has 140 valence electrons. The molecular weight excluding hydrogens is 363 g/mol. The zero-order chi connectivity index (χ0) is 18.5. The van der Waals surface area contributed by atoms with E-state index in [-0.39, 0.29) is 29.8 Å². The maximum absolute atomic E-state index is 13.5. The molecule has 0 aromatic heterocycles. The molecule has 3 nitrogen and oxygen atoms in total. The van der Waals surface area contributed by atoms with Gasteiger partial charge in [-0.25, -0.2) is 4.21 Å². The largest absolute Gasteiger partial charge is 0.485 e. The summed E-state index contributed by atoms with van der Waals surface area (Å²) < 4.78 is 59.0. The van der Waals surface area contributed by atoms with Gasteiger partial charge in [-0.15, -0.1) is 0 Å². The Morgan fingerprint density at radius 1 is 1.23 bits per heavy atom. The molecule has 3 aliphatic heterocycles. The summed E-state index contributed by atoms with van der Waals surface area (Å²) >= 11 is 0. The molecule has 2 atom stereocenters. The Morgan fingerprint density at radius 2 is 1.96 bits per heavy atom. The first kappa shape index (κ1) is 17.8. The van der Waals surface area contributed by atoms with E-state index >= 15 is 0 Å². The van der Waals surface area contributed by atoms with Crippen molar-refractivity contribution in [3.63, 3.8) is 0 Å². The second-order valence-electron chi connectivity index (χ2n) is 7.11. The van der Waals surface area contributed by atoms with E-state index in [1.54, 1.807) is 17.6 Å². The monoisotopic (exact) mass is 383 g/mol. The molecule has 0 amide bonds. The fourth-order valence-electron chi connectivity index (χ4n) is 4.02. The summed E-state index contributed by atoms with van der Waals surface area (Å²) in [6.45, 7) is 1.85. The number of halogens is 3. The Balaban J connectivity index is 1.78. The summed E-state index contributed by atoms with van der Waals surface area (Å²) in [6.07, 6.45) is -1.18. The second-order valence-corrected chi connectivity index (χ2v) is 8.47. The predicted molar refractivity (Wildman–Crippen MR) is 94.1 cm³/mol. The van der Waals surface area contributed by atoms with Gasteiger partial charge in [-0.3, -0.25) is 0 Å². The second kappa shape index (κ2) is 6.53. The van der Waals surface area contributed by atoms with Gasteiger partial charge in [0.15, 0.2) is 0 Å². The molecule has 0 radical (unpaired) electrons. The fourth-order valence-corrected chi connectivity index (χ4v) is 5.16. The lowest BCUT2D eigenvalue weighted by Gasteiger charge is -2.34. The van der Waals surface area contributed by atoms with Crippen LogP contribution in [0.2, 0.25) is 0 Å². The quantitative estimate of drug-likeness (QED) is 0.737. The van der Waals surface area contributed by atoms with Crippen LogP contribution in [-0.4, -0.2) is 35.3 Å². The Morgan fingerprint density at radius 3 is 2.65 bits per heavy atom. The first-order chi connectivity index (χ1) is 12.3. The number of rotatable bonds is 1. The van der Waals surface area contributed by atoms with Crippen molar-refractivity contribution >= 4 is 10.8 Å². The molecule has 0 N–H and O–H groups in total. The zero-order valence-corrected chi connectivity index (χ0v) is 15.2. The molecule has 7 heteroatoms. The minimum absolute atomic E-state index is 0.0169. The summed E-state index contributed by atoms with van der Waals surface area (Å²) in [5, 5.41) is 1.57. The number of benzene rings is 1. The number of fused-ring (bicyclic) bond motifs is 1. The minimum atomic E-state index is -4.46. The van der Waals surface area contributed by atoms with E-state index in [1.165, 1.54) is 6.07 Å². The van der Waals surface area contributed by atoms with Gasteiger partial charge in [0.05, 0.1) is 16.4 Å². The molecule has 1 aromatic carbocycles. The fraction of sp³-hybridized carbons (Fsp3) is 0.474. The standard InChI is InChI=1S/C19H20F3NO2S/c1-23-8-5-12(6-9-23)18-13-7-10-26(24)17(13)11-14-15(19(20,21)22)3-2-4-16(14)25-18/h2-4,7,10,12,18H,5-6,8-9,11H2,1H3. The van der Waals surface area contributed by atoms with Gasteiger partial charge >= 0.3 is 6.18 Å². The lowest BCUT2D eigenvalue weighted by molar-refractivity contribution is -0.138. The van der Waals surface area contributed by atoms with E-state index in [1.807, 2.05) is 0 Å². The summed E-state index contributed by atoms with van der Waals surface area (Å²) in [6, 6.07) is 4.06. The first-order valence-corrected chi connectivity index (χ1v) is 9.92. The van der Waals surface area contributed by atoms with E-state index in [9.17, 15) is 17.4 Å². The SMILES string of the molecule is CN1CCC(C2Oc3cccc(C(F)(F)F)c3CC3=C2C=CS3=O)CC1. The van der Waals surface area contributed by atoms with Crippen molar-refractivity contribution in [2.24, 2.45) is 5.92 Å². The van der Waals surface area contributed by atoms with Crippen LogP contribution < -0.4 is 4.74 Å². The van der Waals surface area contributed by atoms with Gasteiger partial charge in [0.1, 0.15) is 11.9 Å². The van der Waals surface area contributed by atoms with Gasteiger partial charge in [-0.1, -0.05) is 6.07 Å². The highest BCUT2D eigenvalue weighted by Gasteiger charge is 2.40. The van der Waals surface area contributed by atoms with E-state index in [0.29, 0.717) is 4.91 Å². The Labute approximate surface area is 153 Å². The van der Waals surface area contributed by atoms with Crippen LogP contribution in [0.4, 0.5) is 13.2 Å². The zero-order valence-electron chi connectivity index (χ0n) is 14.4. The third-order valence-corrected chi connectivity index (χ3v) is 6.71. The number of nitrogens with zero attached hydrogens (tertiary/aromatic N) is 1. The smallest absolute Gasteiger partial charge is 0.416 e. The third kappa shape index (κ3) is 3.11. The molecule has 1 saturated heterocycles. The highest BCUT2D eigenvalue weighted by Crippen LogP contribution is 2.44. The van der Waals surface area contributed by atoms with E-state index in [0.717, 1.165) is 37.6 Å². The number of piperidine rings is 1. The lowest BCUT2D eigenvalue weighted by atomic mass is 9.87. The summed E-state index contributed by atoms with van der Waals surface area (Å²) in [5.74, 6) is 0.472. The highest BCUT2D eigenvalue weighted by atomic mass is 32.2. The number of alkyl halides is 3. The van der Waals surface area contributed by atoms with Crippen LogP contribution in [-0.2, 0) is 23.4 Å². The number of likely N-dealkylation sites (tertiary alicyclic amines) is 1. The number of hydrogen-bond donors (Lipinski definition) is 0. The van der Waals surface area contributed by atoms with Crippen LogP contribution in [0.5, 0.6) is 5.75 Å². The van der Waals surface area contributed by atoms with Gasteiger partial charge < -0.3 is 9.64 Å². The molecule has 2 unspecified atom stereocenters. The van der Waals surface area contributed by atoms with Gasteiger partial charge in [-0.2, -0.15) is 13.2 Å². The van der Waals surface area contributed by atoms with Crippen molar-refractivity contribution in [2.45, 2.75) is 31.5 Å². The van der Waals surface area contributed by atoms with Gasteiger partial charge in [0, 0.05) is 33.8 Å². The maximum Gasteiger partial charge on any atom is 0.416 e. The lowest BCUT2D eigenvalue weighted by Crippen LogP contribution is -2.38. The van der Waals surface area contributed by atoms with Crippen LogP contribution in [0.15, 0.2) is 40.2 Å². The Hall–Kier alpha value is -1.60. The molecule has 26 heavy (non-hydrogen) atoms. The van der Waals surface area contributed by atoms with Crippen LogP contribution in [0.25, 0.3) is 0 Å². The average Bonchev–Trinajstić information content (AvgIpc) is 2.85. The van der Waals surface area contributed by atoms with Gasteiger partial charge in [0.2, 0.25) is 0 Å². The van der Waals surface area contributed by atoms with Crippen molar-refractivity contribution < 1.29 is 22.1 Å². The molecule has 3 heterocycles. The van der Waals surface area contributed by atoms with Crippen molar-refractivity contribution in [3.05, 3.63) is 51.3 Å². The normalized spacial score (nSPS) is 27.1. The number of hydrogen-bond acceptors (Lipinski definition) is 3. The molecule has 3 aliphatic rings. The molecule has 0 aliphatic carbocycles. The average molecular weight is 383 g/mol. The topological polar surface area (TPSA) is 29.5 Å². The number of allylic oxidation sites excluding steroid dienone is 1. The molecule has 0 bridgehead atoms. The van der Waals surface area contributed by atoms with E-state index in [4.69, 9.17) is 4.74 Å². The molecule has 1 fully saturated rings. The maximum atomic E-state index is 13.5. The minimum Gasteiger partial charge on any atom is -0.485 e. The Kier molecular flexibility index (Phi) is 4.47. The van der Waals surface area contributed by atoms with Crippen LogP contribution in [0.3, 0.4) is 0 Å². The van der Waals surface area contributed by atoms with Crippen LogP contribution in [0.1, 0.15) is 24.0 Å². The van der Waals surface area contributed by atoms with Crippen molar-refractivity contribution in [2.75, 3.05) is 20.1 Å². The van der Waals surface area contributed by atoms with E-state index in [2.05, 4.69) is 11.9 Å².